The van der Waals surface area contributed by atoms with Gasteiger partial charge >= 0.3 is 0 Å². The van der Waals surface area contributed by atoms with Crippen LogP contribution in [0.15, 0.2) is 24.3 Å². The number of halogens is 1. The van der Waals surface area contributed by atoms with Gasteiger partial charge in [-0.3, -0.25) is 4.79 Å². The number of carbonyl (C=O) groups is 1. The summed E-state index contributed by atoms with van der Waals surface area (Å²) in [5, 5.41) is 3.03. The Hall–Kier alpha value is -1.26. The molecule has 1 aliphatic rings. The summed E-state index contributed by atoms with van der Waals surface area (Å²) in [6.07, 6.45) is 4.61. The number of para-hydroxylation sites is 1. The third-order valence-corrected chi connectivity index (χ3v) is 4.22. The number of nitrogen functional groups attached to an aromatic ring is 1. The van der Waals surface area contributed by atoms with Crippen LogP contribution in [-0.2, 0) is 4.74 Å². The molecule has 118 valence electrons. The van der Waals surface area contributed by atoms with Crippen LogP contribution < -0.4 is 11.1 Å². The standard InChI is InChI=1S/C16H24N2O2.ClH/c1-2-20-11-10-16(8-5-9-16)12-18-15(19)13-6-3-4-7-14(13)17;/h3-4,6-7H,2,5,8-12,17H2,1H3,(H,18,19);1H. The van der Waals surface area contributed by atoms with Gasteiger partial charge in [0.05, 0.1) is 5.56 Å². The Morgan fingerprint density at radius 3 is 2.67 bits per heavy atom. The number of hydrogen-bond acceptors (Lipinski definition) is 3. The average Bonchev–Trinajstić information content (AvgIpc) is 2.41. The molecule has 1 aromatic rings. The maximum absolute atomic E-state index is 12.2. The fourth-order valence-electron chi connectivity index (χ4n) is 2.69. The second kappa shape index (κ2) is 8.25. The molecular weight excluding hydrogens is 288 g/mol. The molecule has 0 bridgehead atoms. The molecule has 0 aliphatic heterocycles. The molecule has 0 heterocycles. The molecule has 0 saturated heterocycles. The van der Waals surface area contributed by atoms with Gasteiger partial charge in [0.1, 0.15) is 0 Å². The molecule has 0 unspecified atom stereocenters. The van der Waals surface area contributed by atoms with Crippen LogP contribution in [0.1, 0.15) is 43.0 Å². The number of rotatable bonds is 7. The lowest BCUT2D eigenvalue weighted by atomic mass is 9.66. The summed E-state index contributed by atoms with van der Waals surface area (Å²) < 4.78 is 5.44. The van der Waals surface area contributed by atoms with Crippen molar-refractivity contribution in [2.45, 2.75) is 32.6 Å². The lowest BCUT2D eigenvalue weighted by Crippen LogP contribution is -2.43. The van der Waals surface area contributed by atoms with Crippen LogP contribution in [0.2, 0.25) is 0 Å². The summed E-state index contributed by atoms with van der Waals surface area (Å²) in [6, 6.07) is 7.18. The fraction of sp³-hybridized carbons (Fsp3) is 0.562. The normalized spacial score (nSPS) is 15.7. The van der Waals surface area contributed by atoms with Crippen molar-refractivity contribution in [3.8, 4) is 0 Å². The zero-order valence-corrected chi connectivity index (χ0v) is 13.4. The molecule has 0 atom stereocenters. The molecule has 5 heteroatoms. The lowest BCUT2D eigenvalue weighted by molar-refractivity contribution is 0.0513. The summed E-state index contributed by atoms with van der Waals surface area (Å²) in [5.41, 5.74) is 7.15. The van der Waals surface area contributed by atoms with E-state index in [1.807, 2.05) is 19.1 Å². The van der Waals surface area contributed by atoms with E-state index in [2.05, 4.69) is 5.32 Å². The van der Waals surface area contributed by atoms with E-state index in [0.717, 1.165) is 19.6 Å². The van der Waals surface area contributed by atoms with Gasteiger partial charge in [0.2, 0.25) is 0 Å². The quantitative estimate of drug-likeness (QED) is 0.601. The van der Waals surface area contributed by atoms with Crippen LogP contribution in [0.4, 0.5) is 5.69 Å². The molecule has 0 aromatic heterocycles. The van der Waals surface area contributed by atoms with Gasteiger partial charge in [-0.05, 0) is 43.7 Å². The SMILES string of the molecule is CCOCCC1(CNC(=O)c2ccccc2N)CCC1.Cl. The third kappa shape index (κ3) is 4.61. The summed E-state index contributed by atoms with van der Waals surface area (Å²) in [5.74, 6) is -0.0780. The first-order valence-electron chi connectivity index (χ1n) is 7.37. The van der Waals surface area contributed by atoms with Crippen LogP contribution in [0.3, 0.4) is 0 Å². The first kappa shape index (κ1) is 17.8. The van der Waals surface area contributed by atoms with Crippen LogP contribution in [0.5, 0.6) is 0 Å². The summed E-state index contributed by atoms with van der Waals surface area (Å²) >= 11 is 0. The van der Waals surface area contributed by atoms with Crippen molar-refractivity contribution < 1.29 is 9.53 Å². The molecule has 1 amide bonds. The van der Waals surface area contributed by atoms with E-state index >= 15 is 0 Å². The Balaban J connectivity index is 0.00000220. The Labute approximate surface area is 132 Å². The molecule has 2 rings (SSSR count). The van der Waals surface area contributed by atoms with Gasteiger partial charge in [-0.25, -0.2) is 0 Å². The summed E-state index contributed by atoms with van der Waals surface area (Å²) in [6.45, 7) is 4.25. The molecule has 1 aliphatic carbocycles. The van der Waals surface area contributed by atoms with Crippen LogP contribution in [-0.4, -0.2) is 25.7 Å². The Bertz CT molecular complexity index is 461. The number of benzene rings is 1. The number of carbonyl (C=O) groups excluding carboxylic acids is 1. The third-order valence-electron chi connectivity index (χ3n) is 4.22. The van der Waals surface area contributed by atoms with Gasteiger partial charge in [-0.1, -0.05) is 18.6 Å². The molecule has 4 nitrogen and oxygen atoms in total. The minimum absolute atomic E-state index is 0. The number of amides is 1. The minimum atomic E-state index is -0.0780. The smallest absolute Gasteiger partial charge is 0.253 e. The number of ether oxygens (including phenoxy) is 1. The van der Waals surface area contributed by atoms with Crippen molar-refractivity contribution in [1.82, 2.24) is 5.32 Å². The van der Waals surface area contributed by atoms with Crippen molar-refractivity contribution in [1.29, 1.82) is 0 Å². The maximum Gasteiger partial charge on any atom is 0.253 e. The number of hydrogen-bond donors (Lipinski definition) is 2. The van der Waals surface area contributed by atoms with Gasteiger partial charge < -0.3 is 15.8 Å². The average molecular weight is 313 g/mol. The molecule has 3 N–H and O–H groups in total. The molecular formula is C16H25ClN2O2. The Morgan fingerprint density at radius 2 is 2.10 bits per heavy atom. The first-order valence-corrected chi connectivity index (χ1v) is 7.37. The second-order valence-corrected chi connectivity index (χ2v) is 5.57. The van der Waals surface area contributed by atoms with Gasteiger partial charge in [0.25, 0.3) is 5.91 Å². The largest absolute Gasteiger partial charge is 0.398 e. The summed E-state index contributed by atoms with van der Waals surface area (Å²) in [7, 11) is 0. The molecule has 1 aromatic carbocycles. The molecule has 0 spiro atoms. The van der Waals surface area contributed by atoms with Crippen LogP contribution in [0, 0.1) is 5.41 Å². The van der Waals surface area contributed by atoms with Gasteiger partial charge in [0.15, 0.2) is 0 Å². The lowest BCUT2D eigenvalue weighted by Gasteiger charge is -2.42. The molecule has 1 saturated carbocycles. The fourth-order valence-corrected chi connectivity index (χ4v) is 2.69. The predicted molar refractivity (Wildman–Crippen MR) is 87.8 cm³/mol. The highest BCUT2D eigenvalue weighted by atomic mass is 35.5. The van der Waals surface area contributed by atoms with E-state index in [1.165, 1.54) is 19.3 Å². The zero-order chi connectivity index (χ0) is 14.4. The number of nitrogens with one attached hydrogen (secondary N) is 1. The van der Waals surface area contributed by atoms with Crippen molar-refractivity contribution >= 4 is 24.0 Å². The van der Waals surface area contributed by atoms with E-state index in [9.17, 15) is 4.79 Å². The van der Waals surface area contributed by atoms with Crippen molar-refractivity contribution in [2.75, 3.05) is 25.5 Å². The van der Waals surface area contributed by atoms with Gasteiger partial charge in [-0.2, -0.15) is 0 Å². The highest BCUT2D eigenvalue weighted by molar-refractivity contribution is 5.99. The highest BCUT2D eigenvalue weighted by Gasteiger charge is 2.36. The van der Waals surface area contributed by atoms with E-state index < -0.39 is 0 Å². The van der Waals surface area contributed by atoms with Gasteiger partial charge in [-0.15, -0.1) is 12.4 Å². The molecule has 1 fully saturated rings. The predicted octanol–water partition coefficient (Wildman–Crippen LogP) is 3.02. The monoisotopic (exact) mass is 312 g/mol. The Morgan fingerprint density at radius 1 is 1.38 bits per heavy atom. The first-order chi connectivity index (χ1) is 9.67. The van der Waals surface area contributed by atoms with E-state index in [-0.39, 0.29) is 23.7 Å². The van der Waals surface area contributed by atoms with Crippen molar-refractivity contribution in [3.63, 3.8) is 0 Å². The molecule has 21 heavy (non-hydrogen) atoms. The van der Waals surface area contributed by atoms with Crippen molar-refractivity contribution in [3.05, 3.63) is 29.8 Å². The zero-order valence-electron chi connectivity index (χ0n) is 12.6. The van der Waals surface area contributed by atoms with E-state index in [4.69, 9.17) is 10.5 Å². The number of nitrogens with two attached hydrogens (primary N) is 1. The molecule has 0 radical (unpaired) electrons. The maximum atomic E-state index is 12.2. The van der Waals surface area contributed by atoms with E-state index in [0.29, 0.717) is 17.8 Å². The topological polar surface area (TPSA) is 64.3 Å². The van der Waals surface area contributed by atoms with Gasteiger partial charge in [0, 0.05) is 25.4 Å². The van der Waals surface area contributed by atoms with Crippen LogP contribution in [0.25, 0.3) is 0 Å². The minimum Gasteiger partial charge on any atom is -0.398 e. The van der Waals surface area contributed by atoms with E-state index in [1.54, 1.807) is 12.1 Å². The van der Waals surface area contributed by atoms with Crippen molar-refractivity contribution in [2.24, 2.45) is 5.41 Å². The second-order valence-electron chi connectivity index (χ2n) is 5.57. The van der Waals surface area contributed by atoms with Crippen LogP contribution >= 0.6 is 12.4 Å². The number of anilines is 1. The highest BCUT2D eigenvalue weighted by Crippen LogP contribution is 2.43. The summed E-state index contributed by atoms with van der Waals surface area (Å²) in [4.78, 5) is 12.2. The Kier molecular flexibility index (Phi) is 6.99.